The molecule has 2 aliphatic heterocycles. The molecule has 7 nitrogen and oxygen atoms in total. The Morgan fingerprint density at radius 2 is 1.38 bits per heavy atom. The Bertz CT molecular complexity index is 1240. The van der Waals surface area contributed by atoms with Gasteiger partial charge in [0.25, 0.3) is 0 Å². The Hall–Kier alpha value is -3.97. The molecule has 3 N–H and O–H groups in total. The first-order valence-corrected chi connectivity index (χ1v) is 13.6. The van der Waals surface area contributed by atoms with Crippen molar-refractivity contribution >= 4 is 17.8 Å². The van der Waals surface area contributed by atoms with Gasteiger partial charge in [-0.05, 0) is 43.0 Å². The van der Waals surface area contributed by atoms with E-state index in [9.17, 15) is 14.4 Å². The van der Waals surface area contributed by atoms with Crippen LogP contribution in [0.25, 0.3) is 0 Å². The van der Waals surface area contributed by atoms with Gasteiger partial charge in [0.15, 0.2) is 0 Å². The Morgan fingerprint density at radius 3 is 1.92 bits per heavy atom. The number of nitrogens with one attached hydrogen (secondary N) is 2. The molecule has 2 heterocycles. The molecule has 3 aromatic rings. The summed E-state index contributed by atoms with van der Waals surface area (Å²) in [7, 11) is 0. The summed E-state index contributed by atoms with van der Waals surface area (Å²) in [5.41, 5.74) is 3.28. The molecule has 5 rings (SSSR count). The van der Waals surface area contributed by atoms with Gasteiger partial charge in [-0.1, -0.05) is 91.0 Å². The molecular weight excluding hydrogens is 490 g/mol. The molecule has 5 atom stereocenters. The van der Waals surface area contributed by atoms with Gasteiger partial charge in [-0.2, -0.15) is 0 Å². The third-order valence-electron chi connectivity index (χ3n) is 7.67. The smallest absolute Gasteiger partial charge is 0.321 e. The van der Waals surface area contributed by atoms with Crippen LogP contribution in [0.1, 0.15) is 61.3 Å². The molecule has 0 aliphatic carbocycles. The van der Waals surface area contributed by atoms with Crippen LogP contribution in [0.3, 0.4) is 0 Å². The highest BCUT2D eigenvalue weighted by molar-refractivity contribution is 5.89. The highest BCUT2D eigenvalue weighted by Crippen LogP contribution is 2.34. The number of carboxylic acids is 1. The Balaban J connectivity index is 0.000000212. The van der Waals surface area contributed by atoms with E-state index in [0.717, 1.165) is 36.1 Å². The van der Waals surface area contributed by atoms with Crippen molar-refractivity contribution in [1.29, 1.82) is 0 Å². The number of rotatable bonds is 6. The van der Waals surface area contributed by atoms with Crippen LogP contribution in [0.15, 0.2) is 91.0 Å². The normalized spacial score (nSPS) is 22.9. The first-order valence-electron chi connectivity index (χ1n) is 13.6. The number of nitrogens with zero attached hydrogens (tertiary/aromatic N) is 1. The zero-order chi connectivity index (χ0) is 27.8. The van der Waals surface area contributed by atoms with E-state index in [0.29, 0.717) is 6.54 Å². The van der Waals surface area contributed by atoms with E-state index < -0.39 is 18.1 Å². The van der Waals surface area contributed by atoms with E-state index in [1.807, 2.05) is 97.9 Å². The summed E-state index contributed by atoms with van der Waals surface area (Å²) in [5.74, 6) is -0.734. The summed E-state index contributed by atoms with van der Waals surface area (Å²) in [6, 6.07) is 28.7. The zero-order valence-electron chi connectivity index (χ0n) is 22.5. The average Bonchev–Trinajstić information content (AvgIpc) is 3.63. The van der Waals surface area contributed by atoms with Crippen molar-refractivity contribution in [2.45, 2.75) is 56.7 Å². The number of aliphatic carboxylic acids is 1. The number of carbonyl (C=O) groups is 3. The fourth-order valence-corrected chi connectivity index (χ4v) is 5.66. The van der Waals surface area contributed by atoms with Gasteiger partial charge in [0.05, 0.1) is 6.04 Å². The molecule has 2 fully saturated rings. The maximum absolute atomic E-state index is 13.0. The minimum absolute atomic E-state index is 0.0353. The van der Waals surface area contributed by atoms with Crippen molar-refractivity contribution < 1.29 is 19.5 Å². The monoisotopic (exact) mass is 527 g/mol. The van der Waals surface area contributed by atoms with Crippen LogP contribution in [0.5, 0.6) is 0 Å². The second-order valence-electron chi connectivity index (χ2n) is 10.2. The molecule has 3 aromatic carbocycles. The largest absolute Gasteiger partial charge is 0.480 e. The van der Waals surface area contributed by atoms with Gasteiger partial charge < -0.3 is 20.6 Å². The predicted molar refractivity (Wildman–Crippen MR) is 151 cm³/mol. The quantitative estimate of drug-likeness (QED) is 0.439. The number of likely N-dealkylation sites (tertiary alicyclic amines) is 1. The molecule has 2 amide bonds. The number of benzene rings is 3. The van der Waals surface area contributed by atoms with Crippen LogP contribution < -0.4 is 10.6 Å². The summed E-state index contributed by atoms with van der Waals surface area (Å²) in [5, 5.41) is 15.1. The molecule has 39 heavy (non-hydrogen) atoms. The van der Waals surface area contributed by atoms with Crippen molar-refractivity contribution in [3.63, 3.8) is 0 Å². The lowest BCUT2D eigenvalue weighted by Gasteiger charge is -2.28. The van der Waals surface area contributed by atoms with Gasteiger partial charge in [0, 0.05) is 25.3 Å². The highest BCUT2D eigenvalue weighted by Gasteiger charge is 2.41. The van der Waals surface area contributed by atoms with Crippen molar-refractivity contribution in [3.05, 3.63) is 108 Å². The maximum Gasteiger partial charge on any atom is 0.321 e. The summed E-state index contributed by atoms with van der Waals surface area (Å²) in [6.45, 7) is 4.91. The fraction of sp³-hybridized carbons (Fsp3) is 0.344. The Labute approximate surface area is 230 Å². The standard InChI is InChI=1S/C21H24N2O2.C11H13NO2/c1-15(17-9-5-3-6-10-17)22-21(25)20-19(13-14-23(20)16(2)24)18-11-7-4-8-12-18;13-11(14)10-9(6-7-12-10)8-4-2-1-3-5-8/h3-12,15,19-20H,13-14H2,1-2H3,(H,22,25);1-5,9-10,12H,6-7H2,(H,13,14)/t15-,19+,20-;9-,10+/m01/s1. The van der Waals surface area contributed by atoms with Gasteiger partial charge in [-0.3, -0.25) is 14.4 Å². The van der Waals surface area contributed by atoms with E-state index in [1.54, 1.807) is 4.90 Å². The van der Waals surface area contributed by atoms with E-state index in [1.165, 1.54) is 6.92 Å². The number of carbonyl (C=O) groups excluding carboxylic acids is 2. The van der Waals surface area contributed by atoms with Gasteiger partial charge in [-0.25, -0.2) is 0 Å². The van der Waals surface area contributed by atoms with Crippen LogP contribution >= 0.6 is 0 Å². The molecule has 7 heteroatoms. The van der Waals surface area contributed by atoms with Gasteiger partial charge >= 0.3 is 5.97 Å². The molecule has 0 saturated carbocycles. The Kier molecular flexibility index (Phi) is 9.49. The van der Waals surface area contributed by atoms with E-state index >= 15 is 0 Å². The van der Waals surface area contributed by atoms with Crippen molar-refractivity contribution in [2.24, 2.45) is 0 Å². The van der Waals surface area contributed by atoms with Crippen LogP contribution in [0, 0.1) is 0 Å². The van der Waals surface area contributed by atoms with E-state index in [2.05, 4.69) is 10.6 Å². The third kappa shape index (κ3) is 6.92. The molecule has 0 unspecified atom stereocenters. The van der Waals surface area contributed by atoms with Crippen LogP contribution in [-0.4, -0.2) is 53.0 Å². The summed E-state index contributed by atoms with van der Waals surface area (Å²) in [4.78, 5) is 37.7. The van der Waals surface area contributed by atoms with Crippen LogP contribution in [0.4, 0.5) is 0 Å². The first-order chi connectivity index (χ1) is 18.9. The van der Waals surface area contributed by atoms with Crippen molar-refractivity contribution in [2.75, 3.05) is 13.1 Å². The van der Waals surface area contributed by atoms with Crippen LogP contribution in [-0.2, 0) is 14.4 Å². The minimum atomic E-state index is -0.753. The lowest BCUT2D eigenvalue weighted by atomic mass is 9.91. The molecule has 0 bridgehead atoms. The van der Waals surface area contributed by atoms with Gasteiger partial charge in [0.2, 0.25) is 11.8 Å². The molecule has 204 valence electrons. The second kappa shape index (κ2) is 13.2. The second-order valence-corrected chi connectivity index (χ2v) is 10.2. The lowest BCUT2D eigenvalue weighted by molar-refractivity contribution is -0.139. The topological polar surface area (TPSA) is 98.7 Å². The molecular formula is C32H37N3O4. The summed E-state index contributed by atoms with van der Waals surface area (Å²) in [6.07, 6.45) is 1.71. The highest BCUT2D eigenvalue weighted by atomic mass is 16.4. The van der Waals surface area contributed by atoms with Gasteiger partial charge in [-0.15, -0.1) is 0 Å². The maximum atomic E-state index is 13.0. The van der Waals surface area contributed by atoms with E-state index in [4.69, 9.17) is 5.11 Å². The molecule has 0 aromatic heterocycles. The van der Waals surface area contributed by atoms with Gasteiger partial charge in [0.1, 0.15) is 12.1 Å². The van der Waals surface area contributed by atoms with Crippen molar-refractivity contribution in [1.82, 2.24) is 15.5 Å². The van der Waals surface area contributed by atoms with Crippen LogP contribution in [0.2, 0.25) is 0 Å². The fourth-order valence-electron chi connectivity index (χ4n) is 5.66. The summed E-state index contributed by atoms with van der Waals surface area (Å²) >= 11 is 0. The first kappa shape index (κ1) is 28.0. The number of carboxylic acid groups (broad SMARTS) is 1. The third-order valence-corrected chi connectivity index (χ3v) is 7.67. The zero-order valence-corrected chi connectivity index (χ0v) is 22.5. The minimum Gasteiger partial charge on any atom is -0.480 e. The number of hydrogen-bond acceptors (Lipinski definition) is 4. The van der Waals surface area contributed by atoms with E-state index in [-0.39, 0.29) is 29.7 Å². The molecule has 0 radical (unpaired) electrons. The molecule has 2 aliphatic rings. The molecule has 2 saturated heterocycles. The average molecular weight is 528 g/mol. The summed E-state index contributed by atoms with van der Waals surface area (Å²) < 4.78 is 0. The Morgan fingerprint density at radius 1 is 0.846 bits per heavy atom. The lowest BCUT2D eigenvalue weighted by Crippen LogP contribution is -2.47. The predicted octanol–water partition coefficient (Wildman–Crippen LogP) is 4.49. The number of amides is 2. The number of hydrogen-bond donors (Lipinski definition) is 3. The molecule has 0 spiro atoms. The van der Waals surface area contributed by atoms with Crippen molar-refractivity contribution in [3.8, 4) is 0 Å². The SMILES string of the molecule is CC(=O)N1CC[C@H](c2ccccc2)[C@H]1C(=O)N[C@@H](C)c1ccccc1.O=C(O)[C@H]1NCC[C@@H]1c1ccccc1.